The van der Waals surface area contributed by atoms with Crippen LogP contribution in [0.2, 0.25) is 0 Å². The standard InChI is InChI=1S/C23H24N4O2/c1-15(28)16-8-7-9-17(14-16)25-22-24-13-12-20(27-22)21(29)26-19-11-6-5-10-18(19)23(2,3)4/h5-14H,1-4H3,(H,26,29)(H,24,25,27). The number of para-hydroxylation sites is 1. The third kappa shape index (κ3) is 5.04. The number of ketones is 1. The van der Waals surface area contributed by atoms with E-state index in [-0.39, 0.29) is 28.7 Å². The smallest absolute Gasteiger partial charge is 0.274 e. The average molecular weight is 388 g/mol. The number of nitrogens with zero attached hydrogens (tertiary/aromatic N) is 2. The quantitative estimate of drug-likeness (QED) is 0.603. The summed E-state index contributed by atoms with van der Waals surface area (Å²) >= 11 is 0. The first kappa shape index (κ1) is 20.2. The summed E-state index contributed by atoms with van der Waals surface area (Å²) in [7, 11) is 0. The van der Waals surface area contributed by atoms with Crippen LogP contribution in [0.4, 0.5) is 17.3 Å². The van der Waals surface area contributed by atoms with Crippen LogP contribution >= 0.6 is 0 Å². The van der Waals surface area contributed by atoms with Gasteiger partial charge in [-0.05, 0) is 42.2 Å². The number of hydrogen-bond acceptors (Lipinski definition) is 5. The highest BCUT2D eigenvalue weighted by atomic mass is 16.2. The maximum atomic E-state index is 12.8. The molecular weight excluding hydrogens is 364 g/mol. The molecule has 29 heavy (non-hydrogen) atoms. The molecule has 0 unspecified atom stereocenters. The molecule has 0 atom stereocenters. The van der Waals surface area contributed by atoms with Gasteiger partial charge in [-0.1, -0.05) is 51.1 Å². The van der Waals surface area contributed by atoms with E-state index in [9.17, 15) is 9.59 Å². The van der Waals surface area contributed by atoms with Crippen molar-refractivity contribution in [1.82, 2.24) is 9.97 Å². The molecule has 0 aliphatic heterocycles. The lowest BCUT2D eigenvalue weighted by Gasteiger charge is -2.22. The Labute approximate surface area is 170 Å². The molecule has 0 saturated heterocycles. The fourth-order valence-electron chi connectivity index (χ4n) is 2.92. The number of amides is 1. The Morgan fingerprint density at radius 2 is 1.72 bits per heavy atom. The lowest BCUT2D eigenvalue weighted by atomic mass is 9.86. The summed E-state index contributed by atoms with van der Waals surface area (Å²) in [6.07, 6.45) is 1.52. The monoisotopic (exact) mass is 388 g/mol. The zero-order valence-corrected chi connectivity index (χ0v) is 17.0. The Balaban J connectivity index is 1.81. The van der Waals surface area contributed by atoms with Gasteiger partial charge in [0.05, 0.1) is 0 Å². The van der Waals surface area contributed by atoms with Gasteiger partial charge in [0.25, 0.3) is 5.91 Å². The Morgan fingerprint density at radius 3 is 2.45 bits per heavy atom. The highest BCUT2D eigenvalue weighted by molar-refractivity contribution is 6.03. The van der Waals surface area contributed by atoms with Gasteiger partial charge in [0.15, 0.2) is 5.78 Å². The first-order valence-electron chi connectivity index (χ1n) is 9.36. The van der Waals surface area contributed by atoms with Crippen molar-refractivity contribution >= 4 is 29.0 Å². The molecule has 148 valence electrons. The Morgan fingerprint density at radius 1 is 0.966 bits per heavy atom. The van der Waals surface area contributed by atoms with Crippen molar-refractivity contribution in [2.75, 3.05) is 10.6 Å². The number of Topliss-reactive ketones (excluding diaryl/α,β-unsaturated/α-hetero) is 1. The molecule has 0 fully saturated rings. The zero-order valence-electron chi connectivity index (χ0n) is 17.0. The van der Waals surface area contributed by atoms with Crippen LogP contribution in [0, 0.1) is 0 Å². The number of nitrogens with one attached hydrogen (secondary N) is 2. The predicted octanol–water partition coefficient (Wildman–Crippen LogP) is 4.97. The largest absolute Gasteiger partial charge is 0.324 e. The first-order valence-corrected chi connectivity index (χ1v) is 9.36. The van der Waals surface area contributed by atoms with E-state index in [2.05, 4.69) is 41.4 Å². The van der Waals surface area contributed by atoms with Crippen LogP contribution in [0.3, 0.4) is 0 Å². The van der Waals surface area contributed by atoms with Crippen LogP contribution in [0.25, 0.3) is 0 Å². The molecule has 0 aliphatic rings. The van der Waals surface area contributed by atoms with Crippen molar-refractivity contribution in [3.05, 3.63) is 77.6 Å². The lowest BCUT2D eigenvalue weighted by Crippen LogP contribution is -2.19. The van der Waals surface area contributed by atoms with Gasteiger partial charge in [0, 0.05) is 23.1 Å². The van der Waals surface area contributed by atoms with E-state index >= 15 is 0 Å². The number of carbonyl (C=O) groups is 2. The normalized spacial score (nSPS) is 11.0. The Kier molecular flexibility index (Phi) is 5.73. The van der Waals surface area contributed by atoms with Crippen LogP contribution in [0.5, 0.6) is 0 Å². The first-order chi connectivity index (χ1) is 13.7. The highest BCUT2D eigenvalue weighted by Crippen LogP contribution is 2.29. The summed E-state index contributed by atoms with van der Waals surface area (Å²) in [5, 5.41) is 5.99. The van der Waals surface area contributed by atoms with Crippen molar-refractivity contribution < 1.29 is 9.59 Å². The fraction of sp³-hybridized carbons (Fsp3) is 0.217. The molecule has 0 bridgehead atoms. The van der Waals surface area contributed by atoms with E-state index in [1.165, 1.54) is 13.1 Å². The van der Waals surface area contributed by atoms with E-state index in [0.29, 0.717) is 11.3 Å². The second-order valence-electron chi connectivity index (χ2n) is 7.78. The van der Waals surface area contributed by atoms with Gasteiger partial charge < -0.3 is 10.6 Å². The van der Waals surface area contributed by atoms with E-state index in [1.54, 1.807) is 24.3 Å². The van der Waals surface area contributed by atoms with Gasteiger partial charge in [-0.2, -0.15) is 0 Å². The van der Waals surface area contributed by atoms with Gasteiger partial charge in [0.2, 0.25) is 5.95 Å². The van der Waals surface area contributed by atoms with E-state index in [0.717, 1.165) is 11.3 Å². The van der Waals surface area contributed by atoms with Crippen LogP contribution in [0.15, 0.2) is 60.8 Å². The molecule has 2 N–H and O–H groups in total. The van der Waals surface area contributed by atoms with Crippen LogP contribution in [-0.4, -0.2) is 21.7 Å². The lowest BCUT2D eigenvalue weighted by molar-refractivity contribution is 0.101. The maximum absolute atomic E-state index is 12.8. The minimum Gasteiger partial charge on any atom is -0.324 e. The molecular formula is C23H24N4O2. The fourth-order valence-corrected chi connectivity index (χ4v) is 2.92. The third-order valence-corrected chi connectivity index (χ3v) is 4.40. The summed E-state index contributed by atoms with van der Waals surface area (Å²) in [5.74, 6) is -0.0627. The van der Waals surface area contributed by atoms with Gasteiger partial charge in [-0.25, -0.2) is 9.97 Å². The van der Waals surface area contributed by atoms with Crippen LogP contribution < -0.4 is 10.6 Å². The zero-order chi connectivity index (χ0) is 21.0. The molecule has 3 rings (SSSR count). The number of rotatable bonds is 5. The molecule has 0 spiro atoms. The molecule has 0 saturated carbocycles. The van der Waals surface area contributed by atoms with Crippen molar-refractivity contribution in [2.24, 2.45) is 0 Å². The summed E-state index contributed by atoms with van der Waals surface area (Å²) < 4.78 is 0. The van der Waals surface area contributed by atoms with Crippen molar-refractivity contribution in [1.29, 1.82) is 0 Å². The molecule has 2 aromatic carbocycles. The van der Waals surface area contributed by atoms with Crippen molar-refractivity contribution in [3.8, 4) is 0 Å². The Bertz CT molecular complexity index is 1050. The molecule has 3 aromatic rings. The predicted molar refractivity (Wildman–Crippen MR) is 115 cm³/mol. The number of benzene rings is 2. The third-order valence-electron chi connectivity index (χ3n) is 4.40. The van der Waals surface area contributed by atoms with Gasteiger partial charge >= 0.3 is 0 Å². The van der Waals surface area contributed by atoms with Gasteiger partial charge in [-0.15, -0.1) is 0 Å². The number of anilines is 3. The number of hydrogen-bond donors (Lipinski definition) is 2. The summed E-state index contributed by atoms with van der Waals surface area (Å²) in [4.78, 5) is 32.8. The topological polar surface area (TPSA) is 84.0 Å². The second kappa shape index (κ2) is 8.22. The molecule has 0 radical (unpaired) electrons. The summed E-state index contributed by atoms with van der Waals surface area (Å²) in [6.45, 7) is 7.80. The number of aromatic nitrogens is 2. The highest BCUT2D eigenvalue weighted by Gasteiger charge is 2.19. The molecule has 6 nitrogen and oxygen atoms in total. The van der Waals surface area contributed by atoms with E-state index in [4.69, 9.17) is 0 Å². The van der Waals surface area contributed by atoms with Crippen LogP contribution in [0.1, 0.15) is 54.1 Å². The van der Waals surface area contributed by atoms with Gasteiger partial charge in [-0.3, -0.25) is 9.59 Å². The van der Waals surface area contributed by atoms with Crippen LogP contribution in [-0.2, 0) is 5.41 Å². The SMILES string of the molecule is CC(=O)c1cccc(Nc2nccc(C(=O)Nc3ccccc3C(C)(C)C)n2)c1. The molecule has 0 aliphatic carbocycles. The second-order valence-corrected chi connectivity index (χ2v) is 7.78. The van der Waals surface area contributed by atoms with Crippen molar-refractivity contribution in [2.45, 2.75) is 33.1 Å². The van der Waals surface area contributed by atoms with E-state index < -0.39 is 0 Å². The van der Waals surface area contributed by atoms with E-state index in [1.807, 2.05) is 30.3 Å². The van der Waals surface area contributed by atoms with Gasteiger partial charge in [0.1, 0.15) is 5.69 Å². The number of carbonyl (C=O) groups excluding carboxylic acids is 2. The van der Waals surface area contributed by atoms with Crippen molar-refractivity contribution in [3.63, 3.8) is 0 Å². The Hall–Kier alpha value is -3.54. The maximum Gasteiger partial charge on any atom is 0.274 e. The average Bonchev–Trinajstić information content (AvgIpc) is 2.68. The summed E-state index contributed by atoms with van der Waals surface area (Å²) in [6, 6.07) is 16.3. The minimum atomic E-state index is -0.315. The molecule has 6 heteroatoms. The molecule has 1 aromatic heterocycles. The summed E-state index contributed by atoms with van der Waals surface area (Å²) in [5.41, 5.74) is 3.20. The minimum absolute atomic E-state index is 0.0276. The molecule has 1 amide bonds. The molecule has 1 heterocycles.